The smallest absolute Gasteiger partial charge is 0.233 e. The zero-order chi connectivity index (χ0) is 20.9. The highest BCUT2D eigenvalue weighted by Crippen LogP contribution is 2.52. The van der Waals surface area contributed by atoms with Crippen LogP contribution in [0.3, 0.4) is 0 Å². The number of ether oxygens (including phenoxy) is 2. The SMILES string of the molecule is COc1cccc2c1O[C@@]1(C)[C@@H](C(=O)N(C)C)[C@H]2NC(=S)N1c1ccc(C)cc1. The van der Waals surface area contributed by atoms with E-state index in [9.17, 15) is 4.79 Å². The lowest BCUT2D eigenvalue weighted by Gasteiger charge is -2.56. The van der Waals surface area contributed by atoms with Crippen LogP contribution in [-0.2, 0) is 4.79 Å². The number of thiocarbonyl (C=S) groups is 1. The molecular formula is C22H25N3O3S. The van der Waals surface area contributed by atoms with E-state index in [1.54, 1.807) is 26.1 Å². The fourth-order valence-electron chi connectivity index (χ4n) is 4.27. The van der Waals surface area contributed by atoms with Crippen LogP contribution in [0.1, 0.15) is 24.1 Å². The summed E-state index contributed by atoms with van der Waals surface area (Å²) in [6.07, 6.45) is 0. The lowest BCUT2D eigenvalue weighted by molar-refractivity contribution is -0.144. The lowest BCUT2D eigenvalue weighted by atomic mass is 9.78. The average Bonchev–Trinajstić information content (AvgIpc) is 2.68. The summed E-state index contributed by atoms with van der Waals surface area (Å²) in [5.74, 6) is 0.730. The van der Waals surface area contributed by atoms with Gasteiger partial charge in [-0.05, 0) is 44.3 Å². The van der Waals surface area contributed by atoms with Crippen molar-refractivity contribution in [2.24, 2.45) is 5.92 Å². The van der Waals surface area contributed by atoms with Crippen LogP contribution in [0.25, 0.3) is 0 Å². The van der Waals surface area contributed by atoms with Gasteiger partial charge in [-0.1, -0.05) is 29.8 Å². The first-order valence-corrected chi connectivity index (χ1v) is 9.93. The molecule has 2 aliphatic heterocycles. The minimum Gasteiger partial charge on any atom is -0.493 e. The first-order chi connectivity index (χ1) is 13.8. The number of benzene rings is 2. The van der Waals surface area contributed by atoms with Crippen molar-refractivity contribution in [3.8, 4) is 11.5 Å². The molecule has 29 heavy (non-hydrogen) atoms. The fraction of sp³-hybridized carbons (Fsp3) is 0.364. The maximum Gasteiger partial charge on any atom is 0.233 e. The normalized spacial score (nSPS) is 24.9. The number of hydrogen-bond donors (Lipinski definition) is 1. The van der Waals surface area contributed by atoms with Crippen LogP contribution in [-0.4, -0.2) is 42.8 Å². The predicted octanol–water partition coefficient (Wildman–Crippen LogP) is 3.25. The molecule has 0 radical (unpaired) electrons. The van der Waals surface area contributed by atoms with Crippen LogP contribution in [0.4, 0.5) is 5.69 Å². The second-order valence-electron chi connectivity index (χ2n) is 7.84. The molecule has 2 aromatic rings. The molecule has 4 rings (SSSR count). The number of hydrogen-bond acceptors (Lipinski definition) is 4. The molecule has 0 spiro atoms. The third-order valence-corrected chi connectivity index (χ3v) is 6.01. The van der Waals surface area contributed by atoms with E-state index in [0.717, 1.165) is 16.8 Å². The largest absolute Gasteiger partial charge is 0.493 e. The average molecular weight is 412 g/mol. The third-order valence-electron chi connectivity index (χ3n) is 5.71. The molecule has 6 nitrogen and oxygen atoms in total. The molecule has 2 aliphatic rings. The molecule has 0 unspecified atom stereocenters. The van der Waals surface area contributed by atoms with Crippen molar-refractivity contribution in [3.05, 3.63) is 53.6 Å². The van der Waals surface area contributed by atoms with Crippen LogP contribution in [0, 0.1) is 12.8 Å². The Kier molecular flexibility index (Phi) is 4.65. The van der Waals surface area contributed by atoms with Crippen molar-refractivity contribution >= 4 is 28.9 Å². The van der Waals surface area contributed by atoms with Crippen molar-refractivity contribution < 1.29 is 14.3 Å². The molecule has 3 atom stereocenters. The van der Waals surface area contributed by atoms with Gasteiger partial charge in [-0.2, -0.15) is 0 Å². The molecule has 7 heteroatoms. The van der Waals surface area contributed by atoms with Gasteiger partial charge in [-0.3, -0.25) is 9.69 Å². The Morgan fingerprint density at radius 1 is 1.24 bits per heavy atom. The van der Waals surface area contributed by atoms with E-state index in [4.69, 9.17) is 21.7 Å². The summed E-state index contributed by atoms with van der Waals surface area (Å²) in [5.41, 5.74) is 1.85. The Morgan fingerprint density at radius 3 is 2.55 bits per heavy atom. The number of nitrogens with one attached hydrogen (secondary N) is 1. The Morgan fingerprint density at radius 2 is 1.93 bits per heavy atom. The zero-order valence-corrected chi connectivity index (χ0v) is 18.0. The molecule has 2 heterocycles. The molecule has 1 N–H and O–H groups in total. The van der Waals surface area contributed by atoms with Crippen LogP contribution < -0.4 is 19.7 Å². The molecule has 0 saturated carbocycles. The van der Waals surface area contributed by atoms with Gasteiger partial charge < -0.3 is 19.7 Å². The third kappa shape index (κ3) is 2.92. The monoisotopic (exact) mass is 411 g/mol. The highest BCUT2D eigenvalue weighted by Gasteiger charge is 2.59. The second-order valence-corrected chi connectivity index (χ2v) is 8.23. The van der Waals surface area contributed by atoms with Crippen molar-refractivity contribution in [1.82, 2.24) is 10.2 Å². The summed E-state index contributed by atoms with van der Waals surface area (Å²) in [5, 5.41) is 3.93. The Hall–Kier alpha value is -2.80. The van der Waals surface area contributed by atoms with Crippen LogP contribution in [0.2, 0.25) is 0 Å². The maximum atomic E-state index is 13.3. The van der Waals surface area contributed by atoms with E-state index in [0.29, 0.717) is 16.6 Å². The first kappa shape index (κ1) is 19.5. The van der Waals surface area contributed by atoms with Crippen molar-refractivity contribution in [2.45, 2.75) is 25.6 Å². The molecule has 1 fully saturated rings. The number of methoxy groups -OCH3 is 1. The molecule has 1 amide bonds. The number of anilines is 1. The van der Waals surface area contributed by atoms with Crippen LogP contribution in [0.15, 0.2) is 42.5 Å². The van der Waals surface area contributed by atoms with Gasteiger partial charge in [0.1, 0.15) is 5.92 Å². The minimum atomic E-state index is -1.02. The van der Waals surface area contributed by atoms with Crippen molar-refractivity contribution in [2.75, 3.05) is 26.1 Å². The lowest BCUT2D eigenvalue weighted by Crippen LogP contribution is -2.72. The number of carbonyl (C=O) groups excluding carboxylic acids is 1. The van der Waals surface area contributed by atoms with Gasteiger partial charge in [0.2, 0.25) is 5.91 Å². The van der Waals surface area contributed by atoms with Gasteiger partial charge in [-0.25, -0.2) is 0 Å². The van der Waals surface area contributed by atoms with Gasteiger partial charge in [0.25, 0.3) is 0 Å². The summed E-state index contributed by atoms with van der Waals surface area (Å²) in [7, 11) is 5.14. The predicted molar refractivity (Wildman–Crippen MR) is 116 cm³/mol. The summed E-state index contributed by atoms with van der Waals surface area (Å²) in [6, 6.07) is 13.4. The number of fused-ring (bicyclic) bond motifs is 4. The topological polar surface area (TPSA) is 54.0 Å². The second kappa shape index (κ2) is 6.91. The van der Waals surface area contributed by atoms with E-state index >= 15 is 0 Å². The van der Waals surface area contributed by atoms with Gasteiger partial charge in [0.15, 0.2) is 22.3 Å². The van der Waals surface area contributed by atoms with Gasteiger partial charge in [0.05, 0.1) is 13.2 Å². The fourth-order valence-corrected chi connectivity index (χ4v) is 4.68. The highest BCUT2D eigenvalue weighted by molar-refractivity contribution is 7.80. The number of rotatable bonds is 3. The maximum absolute atomic E-state index is 13.3. The van der Waals surface area contributed by atoms with Gasteiger partial charge in [0, 0.05) is 25.3 Å². The quantitative estimate of drug-likeness (QED) is 0.783. The van der Waals surface area contributed by atoms with Crippen LogP contribution >= 0.6 is 12.2 Å². The highest BCUT2D eigenvalue weighted by atomic mass is 32.1. The molecule has 1 saturated heterocycles. The summed E-state index contributed by atoms with van der Waals surface area (Å²) in [4.78, 5) is 16.8. The van der Waals surface area contributed by atoms with Crippen LogP contribution in [0.5, 0.6) is 11.5 Å². The van der Waals surface area contributed by atoms with Gasteiger partial charge in [-0.15, -0.1) is 0 Å². The van der Waals surface area contributed by atoms with Crippen molar-refractivity contribution in [1.29, 1.82) is 0 Å². The molecule has 152 valence electrons. The first-order valence-electron chi connectivity index (χ1n) is 9.52. The van der Waals surface area contributed by atoms with E-state index in [2.05, 4.69) is 5.32 Å². The number of amides is 1. The standard InChI is InChI=1S/C22H25N3O3S/c1-13-9-11-14(12-10-13)25-21(29)23-18-15-7-6-8-16(27-5)19(15)28-22(25,2)17(18)20(26)24(3)4/h6-12,17-18H,1-5H3,(H,23,29)/t17-,18+,22+/m1/s1. The summed E-state index contributed by atoms with van der Waals surface area (Å²) in [6.45, 7) is 3.96. The van der Waals surface area contributed by atoms with Crippen molar-refractivity contribution in [3.63, 3.8) is 0 Å². The number of carbonyl (C=O) groups is 1. The Labute approximate surface area is 176 Å². The molecule has 0 aromatic heterocycles. The number of nitrogens with zero attached hydrogens (tertiary/aromatic N) is 2. The molecular weight excluding hydrogens is 386 g/mol. The molecule has 2 bridgehead atoms. The Bertz CT molecular complexity index is 976. The number of para-hydroxylation sites is 1. The number of aryl methyl sites for hydroxylation is 1. The van der Waals surface area contributed by atoms with Gasteiger partial charge >= 0.3 is 0 Å². The summed E-state index contributed by atoms with van der Waals surface area (Å²) >= 11 is 5.74. The van der Waals surface area contributed by atoms with E-state index in [-0.39, 0.29) is 11.9 Å². The molecule has 2 aromatic carbocycles. The van der Waals surface area contributed by atoms with E-state index in [1.165, 1.54) is 0 Å². The molecule has 0 aliphatic carbocycles. The van der Waals surface area contributed by atoms with E-state index < -0.39 is 11.6 Å². The Balaban J connectivity index is 1.93. The summed E-state index contributed by atoms with van der Waals surface area (Å²) < 4.78 is 12.1. The minimum absolute atomic E-state index is 0.0296. The zero-order valence-electron chi connectivity index (χ0n) is 17.2. The van der Waals surface area contributed by atoms with E-state index in [1.807, 2.05) is 61.2 Å².